The molecule has 1 aliphatic rings. The Morgan fingerprint density at radius 2 is 1.55 bits per heavy atom. The number of aryl methyl sites for hydroxylation is 1. The van der Waals surface area contributed by atoms with Gasteiger partial charge in [-0.15, -0.1) is 0 Å². The van der Waals surface area contributed by atoms with Crippen LogP contribution in [0.25, 0.3) is 11.1 Å². The highest BCUT2D eigenvalue weighted by Crippen LogP contribution is 2.46. The molecule has 0 radical (unpaired) electrons. The van der Waals surface area contributed by atoms with Crippen LogP contribution in [-0.2, 0) is 0 Å². The van der Waals surface area contributed by atoms with Gasteiger partial charge in [-0.05, 0) is 37.5 Å². The van der Waals surface area contributed by atoms with Crippen LogP contribution in [-0.4, -0.2) is 4.57 Å². The van der Waals surface area contributed by atoms with E-state index in [0.29, 0.717) is 12.0 Å². The second kappa shape index (κ2) is 5.17. The molecule has 0 saturated carbocycles. The molecule has 110 valence electrons. The smallest absolute Gasteiger partial charge is 0.0334 e. The van der Waals surface area contributed by atoms with Gasteiger partial charge in [0.25, 0.3) is 0 Å². The summed E-state index contributed by atoms with van der Waals surface area (Å²) < 4.78 is 2.54. The van der Waals surface area contributed by atoms with Crippen molar-refractivity contribution in [1.29, 1.82) is 0 Å². The molecule has 22 heavy (non-hydrogen) atoms. The number of hydrogen-bond acceptors (Lipinski definition) is 0. The van der Waals surface area contributed by atoms with Gasteiger partial charge in [0.2, 0.25) is 0 Å². The minimum Gasteiger partial charge on any atom is -0.345 e. The van der Waals surface area contributed by atoms with E-state index in [1.165, 1.54) is 34.5 Å². The van der Waals surface area contributed by atoms with Gasteiger partial charge in [0, 0.05) is 28.9 Å². The van der Waals surface area contributed by atoms with Crippen LogP contribution in [0.5, 0.6) is 0 Å². The van der Waals surface area contributed by atoms with Gasteiger partial charge in [-0.1, -0.05) is 60.7 Å². The highest BCUT2D eigenvalue weighted by Gasteiger charge is 2.33. The van der Waals surface area contributed by atoms with E-state index in [4.69, 9.17) is 0 Å². The first-order valence-electron chi connectivity index (χ1n) is 8.08. The standard InChI is InChI=1S/C21H21N/c1-15-13-19(17-9-5-3-6-10-17)21-20(14-16(2)22(15)21)18-11-7-4-8-12-18/h3-13,16,20H,14H2,1-2H3. The Bertz CT molecular complexity index is 784. The Morgan fingerprint density at radius 1 is 0.909 bits per heavy atom. The van der Waals surface area contributed by atoms with Gasteiger partial charge >= 0.3 is 0 Å². The zero-order chi connectivity index (χ0) is 15.1. The van der Waals surface area contributed by atoms with Crippen LogP contribution in [0.2, 0.25) is 0 Å². The molecule has 1 aromatic heterocycles. The average molecular weight is 287 g/mol. The summed E-state index contributed by atoms with van der Waals surface area (Å²) in [5.41, 5.74) is 7.02. The Kier molecular flexibility index (Phi) is 3.15. The van der Waals surface area contributed by atoms with Gasteiger partial charge in [0.15, 0.2) is 0 Å². The third-order valence-corrected chi connectivity index (χ3v) is 4.90. The molecular formula is C21H21N. The van der Waals surface area contributed by atoms with Crippen molar-refractivity contribution >= 4 is 0 Å². The van der Waals surface area contributed by atoms with Gasteiger partial charge in [-0.25, -0.2) is 0 Å². The molecule has 2 atom stereocenters. The van der Waals surface area contributed by atoms with E-state index in [9.17, 15) is 0 Å². The van der Waals surface area contributed by atoms with Crippen LogP contribution in [0.15, 0.2) is 66.7 Å². The maximum absolute atomic E-state index is 2.54. The lowest BCUT2D eigenvalue weighted by molar-refractivity contribution is 0.557. The zero-order valence-corrected chi connectivity index (χ0v) is 13.2. The number of benzene rings is 2. The summed E-state index contributed by atoms with van der Waals surface area (Å²) in [6.07, 6.45) is 1.20. The maximum atomic E-state index is 2.54. The molecule has 0 spiro atoms. The van der Waals surface area contributed by atoms with Gasteiger partial charge in [0.1, 0.15) is 0 Å². The van der Waals surface area contributed by atoms with E-state index in [1.54, 1.807) is 0 Å². The van der Waals surface area contributed by atoms with Crippen LogP contribution in [0.4, 0.5) is 0 Å². The zero-order valence-electron chi connectivity index (χ0n) is 13.2. The van der Waals surface area contributed by atoms with Crippen molar-refractivity contribution in [3.8, 4) is 11.1 Å². The van der Waals surface area contributed by atoms with Crippen molar-refractivity contribution in [2.24, 2.45) is 0 Å². The lowest BCUT2D eigenvalue weighted by Crippen LogP contribution is -2.00. The van der Waals surface area contributed by atoms with Crippen molar-refractivity contribution in [1.82, 2.24) is 4.57 Å². The van der Waals surface area contributed by atoms with Crippen LogP contribution in [0.1, 0.15) is 42.3 Å². The van der Waals surface area contributed by atoms with Gasteiger partial charge in [0.05, 0.1) is 0 Å². The predicted octanol–water partition coefficient (Wildman–Crippen LogP) is 5.56. The maximum Gasteiger partial charge on any atom is 0.0334 e. The molecule has 0 bridgehead atoms. The molecule has 4 rings (SSSR count). The van der Waals surface area contributed by atoms with E-state index in [-0.39, 0.29) is 0 Å². The molecular weight excluding hydrogens is 266 g/mol. The van der Waals surface area contributed by atoms with Gasteiger partial charge in [-0.3, -0.25) is 0 Å². The summed E-state index contributed by atoms with van der Waals surface area (Å²) in [6.45, 7) is 4.58. The van der Waals surface area contributed by atoms with Crippen LogP contribution in [0, 0.1) is 6.92 Å². The molecule has 3 aromatic rings. The quantitative estimate of drug-likeness (QED) is 0.581. The average Bonchev–Trinajstić information content (AvgIpc) is 3.08. The summed E-state index contributed by atoms with van der Waals surface area (Å²) in [5.74, 6) is 0.500. The molecule has 2 unspecified atom stereocenters. The third-order valence-electron chi connectivity index (χ3n) is 4.90. The molecule has 0 fully saturated rings. The van der Waals surface area contributed by atoms with Gasteiger partial charge < -0.3 is 4.57 Å². The number of fused-ring (bicyclic) bond motifs is 1. The largest absolute Gasteiger partial charge is 0.345 e. The second-order valence-electron chi connectivity index (χ2n) is 6.37. The summed E-state index contributed by atoms with van der Waals surface area (Å²) >= 11 is 0. The van der Waals surface area contributed by atoms with E-state index < -0.39 is 0 Å². The number of aromatic nitrogens is 1. The molecule has 2 heterocycles. The predicted molar refractivity (Wildman–Crippen MR) is 92.2 cm³/mol. The number of hydrogen-bond donors (Lipinski definition) is 0. The first-order valence-corrected chi connectivity index (χ1v) is 8.08. The van der Waals surface area contributed by atoms with E-state index in [2.05, 4.69) is 85.1 Å². The molecule has 0 saturated heterocycles. The fourth-order valence-electron chi connectivity index (χ4n) is 4.00. The third kappa shape index (κ3) is 2.00. The van der Waals surface area contributed by atoms with E-state index in [0.717, 1.165) is 0 Å². The van der Waals surface area contributed by atoms with E-state index in [1.807, 2.05) is 0 Å². The Hall–Kier alpha value is -2.28. The van der Waals surface area contributed by atoms with E-state index >= 15 is 0 Å². The van der Waals surface area contributed by atoms with Crippen molar-refractivity contribution in [2.75, 3.05) is 0 Å². The molecule has 1 heteroatoms. The van der Waals surface area contributed by atoms with Crippen molar-refractivity contribution < 1.29 is 0 Å². The highest BCUT2D eigenvalue weighted by atomic mass is 15.1. The molecule has 1 nitrogen and oxygen atoms in total. The first-order chi connectivity index (χ1) is 10.8. The van der Waals surface area contributed by atoms with Crippen LogP contribution < -0.4 is 0 Å². The fourth-order valence-corrected chi connectivity index (χ4v) is 4.00. The molecule has 0 aliphatic carbocycles. The normalized spacial score (nSPS) is 20.1. The Balaban J connectivity index is 1.91. The first kappa shape index (κ1) is 13.4. The lowest BCUT2D eigenvalue weighted by atomic mass is 9.89. The monoisotopic (exact) mass is 287 g/mol. The minimum absolute atomic E-state index is 0.500. The highest BCUT2D eigenvalue weighted by molar-refractivity contribution is 5.70. The second-order valence-corrected chi connectivity index (χ2v) is 6.37. The minimum atomic E-state index is 0.500. The number of nitrogens with zero attached hydrogens (tertiary/aromatic N) is 1. The Morgan fingerprint density at radius 3 is 2.23 bits per heavy atom. The molecule has 1 aliphatic heterocycles. The van der Waals surface area contributed by atoms with Crippen LogP contribution >= 0.6 is 0 Å². The Labute approximate surface area is 132 Å². The topological polar surface area (TPSA) is 4.93 Å². The van der Waals surface area contributed by atoms with Crippen molar-refractivity contribution in [3.05, 3.63) is 83.7 Å². The van der Waals surface area contributed by atoms with Crippen LogP contribution in [0.3, 0.4) is 0 Å². The van der Waals surface area contributed by atoms with Crippen molar-refractivity contribution in [2.45, 2.75) is 32.2 Å². The summed E-state index contributed by atoms with van der Waals surface area (Å²) in [7, 11) is 0. The lowest BCUT2D eigenvalue weighted by Gasteiger charge is -2.13. The summed E-state index contributed by atoms with van der Waals surface area (Å²) in [6, 6.07) is 24.7. The fraction of sp³-hybridized carbons (Fsp3) is 0.238. The van der Waals surface area contributed by atoms with Crippen molar-refractivity contribution in [3.63, 3.8) is 0 Å². The van der Waals surface area contributed by atoms with Gasteiger partial charge in [-0.2, -0.15) is 0 Å². The molecule has 0 amide bonds. The summed E-state index contributed by atoms with van der Waals surface area (Å²) in [5, 5.41) is 0. The SMILES string of the molecule is Cc1cc(-c2ccccc2)c2n1C(C)CC2c1ccccc1. The number of rotatable bonds is 2. The molecule has 0 N–H and O–H groups in total. The molecule has 2 aromatic carbocycles. The summed E-state index contributed by atoms with van der Waals surface area (Å²) in [4.78, 5) is 0.